The van der Waals surface area contributed by atoms with Gasteiger partial charge in [0.25, 0.3) is 0 Å². The Labute approximate surface area is 95.2 Å². The largest absolute Gasteiger partial charge is 0.481 e. The summed E-state index contributed by atoms with van der Waals surface area (Å²) in [7, 11) is 0. The average molecular weight is 273 g/mol. The predicted molar refractivity (Wildman–Crippen MR) is 57.2 cm³/mol. The Morgan fingerprint density at radius 1 is 1.53 bits per heavy atom. The minimum atomic E-state index is -0.936. The van der Waals surface area contributed by atoms with Crippen LogP contribution in [0.15, 0.2) is 22.7 Å². The molecular weight excluding hydrogens is 263 g/mol. The van der Waals surface area contributed by atoms with Crippen molar-refractivity contribution in [2.45, 2.75) is 18.8 Å². The van der Waals surface area contributed by atoms with E-state index in [1.54, 1.807) is 18.2 Å². The number of halogens is 2. The van der Waals surface area contributed by atoms with E-state index in [4.69, 9.17) is 5.11 Å². The number of aliphatic carboxylic acids is 1. The third kappa shape index (κ3) is 2.04. The van der Waals surface area contributed by atoms with Crippen LogP contribution < -0.4 is 0 Å². The number of carboxylic acids is 1. The fraction of sp³-hybridized carbons (Fsp3) is 0.364. The Morgan fingerprint density at radius 3 is 2.73 bits per heavy atom. The van der Waals surface area contributed by atoms with Crippen LogP contribution in [0, 0.1) is 11.7 Å². The Balaban J connectivity index is 2.41. The summed E-state index contributed by atoms with van der Waals surface area (Å²) in [5.41, 5.74) is 0.291. The Kier molecular flexibility index (Phi) is 2.78. The van der Waals surface area contributed by atoms with Gasteiger partial charge in [-0.25, -0.2) is 4.39 Å². The van der Waals surface area contributed by atoms with E-state index >= 15 is 0 Å². The number of carbonyl (C=O) groups is 1. The van der Waals surface area contributed by atoms with Crippen LogP contribution in [0.5, 0.6) is 0 Å². The van der Waals surface area contributed by atoms with Crippen molar-refractivity contribution in [2.75, 3.05) is 0 Å². The first kappa shape index (κ1) is 10.6. The Morgan fingerprint density at radius 2 is 2.20 bits per heavy atom. The predicted octanol–water partition coefficient (Wildman–Crippen LogP) is 3.17. The third-order valence-electron chi connectivity index (χ3n) is 2.68. The highest BCUT2D eigenvalue weighted by Gasteiger charge is 2.38. The van der Waals surface area contributed by atoms with Gasteiger partial charge in [0.05, 0.1) is 10.4 Å². The summed E-state index contributed by atoms with van der Waals surface area (Å²) >= 11 is 3.07. The van der Waals surface area contributed by atoms with Crippen molar-refractivity contribution in [3.05, 3.63) is 34.1 Å². The van der Waals surface area contributed by atoms with Gasteiger partial charge in [-0.05, 0) is 40.8 Å². The number of benzene rings is 1. The first-order valence-electron chi connectivity index (χ1n) is 4.78. The zero-order valence-corrected chi connectivity index (χ0v) is 9.50. The quantitative estimate of drug-likeness (QED) is 0.918. The van der Waals surface area contributed by atoms with E-state index < -0.39 is 17.7 Å². The standard InChI is InChI=1S/C11H10BrFO2/c12-8-3-1-2-7(10(8)13)9(11(14)15)6-4-5-6/h1-3,6,9H,4-5H2,(H,14,15). The highest BCUT2D eigenvalue weighted by molar-refractivity contribution is 9.10. The summed E-state index contributed by atoms with van der Waals surface area (Å²) in [5, 5.41) is 9.07. The Hall–Kier alpha value is -0.900. The molecule has 0 aromatic heterocycles. The highest BCUT2D eigenvalue weighted by Crippen LogP contribution is 2.44. The summed E-state index contributed by atoms with van der Waals surface area (Å²) in [6, 6.07) is 4.79. The monoisotopic (exact) mass is 272 g/mol. The van der Waals surface area contributed by atoms with Gasteiger partial charge in [-0.2, -0.15) is 0 Å². The number of hydrogen-bond acceptors (Lipinski definition) is 1. The van der Waals surface area contributed by atoms with Crippen LogP contribution in [0.2, 0.25) is 0 Å². The van der Waals surface area contributed by atoms with Gasteiger partial charge in [-0.1, -0.05) is 12.1 Å². The van der Waals surface area contributed by atoms with Crippen molar-refractivity contribution in [1.82, 2.24) is 0 Å². The topological polar surface area (TPSA) is 37.3 Å². The van der Waals surface area contributed by atoms with Crippen LogP contribution in [0.4, 0.5) is 4.39 Å². The van der Waals surface area contributed by atoms with Gasteiger partial charge in [-0.15, -0.1) is 0 Å². The van der Waals surface area contributed by atoms with Gasteiger partial charge >= 0.3 is 5.97 Å². The molecule has 1 aromatic rings. The number of hydrogen-bond donors (Lipinski definition) is 1. The van der Waals surface area contributed by atoms with Crippen molar-refractivity contribution in [3.63, 3.8) is 0 Å². The maximum atomic E-state index is 13.7. The van der Waals surface area contributed by atoms with E-state index in [9.17, 15) is 9.18 Å². The van der Waals surface area contributed by atoms with E-state index in [2.05, 4.69) is 15.9 Å². The first-order valence-corrected chi connectivity index (χ1v) is 5.57. The van der Waals surface area contributed by atoms with Gasteiger partial charge in [0, 0.05) is 5.56 Å². The summed E-state index contributed by atoms with van der Waals surface area (Å²) in [6.45, 7) is 0. The van der Waals surface area contributed by atoms with E-state index in [0.717, 1.165) is 12.8 Å². The molecule has 15 heavy (non-hydrogen) atoms. The third-order valence-corrected chi connectivity index (χ3v) is 3.29. The van der Waals surface area contributed by atoms with E-state index in [1.165, 1.54) is 0 Å². The molecule has 2 rings (SSSR count). The SMILES string of the molecule is O=C(O)C(c1cccc(Br)c1F)C1CC1. The van der Waals surface area contributed by atoms with Gasteiger partial charge in [0.2, 0.25) is 0 Å². The molecule has 4 heteroatoms. The molecule has 0 radical (unpaired) electrons. The van der Waals surface area contributed by atoms with Crippen LogP contribution >= 0.6 is 15.9 Å². The molecule has 80 valence electrons. The summed E-state index contributed by atoms with van der Waals surface area (Å²) in [4.78, 5) is 11.1. The molecule has 1 aromatic carbocycles. The van der Waals surface area contributed by atoms with Crippen LogP contribution in [0.1, 0.15) is 24.3 Å². The van der Waals surface area contributed by atoms with Crippen molar-refractivity contribution >= 4 is 21.9 Å². The van der Waals surface area contributed by atoms with Gasteiger partial charge in [0.1, 0.15) is 5.82 Å². The van der Waals surface area contributed by atoms with Crippen LogP contribution in [-0.4, -0.2) is 11.1 Å². The second-order valence-electron chi connectivity index (χ2n) is 3.80. The Bertz CT molecular complexity index is 402. The molecule has 1 aliphatic rings. The lowest BCUT2D eigenvalue weighted by molar-refractivity contribution is -0.139. The minimum absolute atomic E-state index is 0.103. The molecule has 0 saturated heterocycles. The second-order valence-corrected chi connectivity index (χ2v) is 4.65. The molecule has 0 heterocycles. The molecule has 0 amide bonds. The highest BCUT2D eigenvalue weighted by atomic mass is 79.9. The number of carboxylic acid groups (broad SMARTS) is 1. The molecule has 2 nitrogen and oxygen atoms in total. The fourth-order valence-corrected chi connectivity index (χ4v) is 2.16. The molecule has 0 bridgehead atoms. The van der Waals surface area contributed by atoms with Gasteiger partial charge in [-0.3, -0.25) is 4.79 Å². The first-order chi connectivity index (χ1) is 7.11. The molecule has 1 aliphatic carbocycles. The van der Waals surface area contributed by atoms with E-state index in [-0.39, 0.29) is 5.92 Å². The molecule has 0 aliphatic heterocycles. The smallest absolute Gasteiger partial charge is 0.311 e. The van der Waals surface area contributed by atoms with Crippen LogP contribution in [0.25, 0.3) is 0 Å². The second kappa shape index (κ2) is 3.93. The molecule has 1 saturated carbocycles. The molecule has 1 atom stereocenters. The molecular formula is C11H10BrFO2. The zero-order valence-electron chi connectivity index (χ0n) is 7.91. The summed E-state index contributed by atoms with van der Waals surface area (Å²) < 4.78 is 14.0. The maximum Gasteiger partial charge on any atom is 0.311 e. The molecule has 1 unspecified atom stereocenters. The van der Waals surface area contributed by atoms with Crippen LogP contribution in [-0.2, 0) is 4.79 Å². The summed E-state index contributed by atoms with van der Waals surface area (Å²) in [5.74, 6) is -1.97. The fourth-order valence-electron chi connectivity index (χ4n) is 1.78. The van der Waals surface area contributed by atoms with Gasteiger partial charge in [0.15, 0.2) is 0 Å². The zero-order chi connectivity index (χ0) is 11.0. The van der Waals surface area contributed by atoms with Crippen molar-refractivity contribution in [2.24, 2.45) is 5.92 Å². The molecule has 0 spiro atoms. The van der Waals surface area contributed by atoms with E-state index in [0.29, 0.717) is 10.0 Å². The van der Waals surface area contributed by atoms with E-state index in [1.807, 2.05) is 0 Å². The maximum absolute atomic E-state index is 13.7. The lowest BCUT2D eigenvalue weighted by Gasteiger charge is -2.12. The average Bonchev–Trinajstić information content (AvgIpc) is 2.96. The summed E-state index contributed by atoms with van der Waals surface area (Å²) in [6.07, 6.45) is 1.76. The number of rotatable bonds is 3. The van der Waals surface area contributed by atoms with Crippen molar-refractivity contribution in [3.8, 4) is 0 Å². The van der Waals surface area contributed by atoms with Crippen molar-refractivity contribution < 1.29 is 14.3 Å². The van der Waals surface area contributed by atoms with Gasteiger partial charge < -0.3 is 5.11 Å². The lowest BCUT2D eigenvalue weighted by Crippen LogP contribution is -2.15. The minimum Gasteiger partial charge on any atom is -0.481 e. The van der Waals surface area contributed by atoms with Crippen molar-refractivity contribution in [1.29, 1.82) is 0 Å². The lowest BCUT2D eigenvalue weighted by atomic mass is 9.94. The van der Waals surface area contributed by atoms with Crippen LogP contribution in [0.3, 0.4) is 0 Å². The molecule has 1 N–H and O–H groups in total. The normalized spacial score (nSPS) is 17.5. The molecule has 1 fully saturated rings.